The molecule has 1 aliphatic rings. The maximum absolute atomic E-state index is 5.82. The molecule has 1 N–H and O–H groups in total. The van der Waals surface area contributed by atoms with E-state index in [-0.39, 0.29) is 24.8 Å². The summed E-state index contributed by atoms with van der Waals surface area (Å²) in [4.78, 5) is 4.36. The van der Waals surface area contributed by atoms with Crippen molar-refractivity contribution in [2.75, 3.05) is 19.7 Å². The molecule has 0 atom stereocenters. The van der Waals surface area contributed by atoms with Crippen LogP contribution in [-0.2, 0) is 0 Å². The van der Waals surface area contributed by atoms with Gasteiger partial charge in [0.15, 0.2) is 0 Å². The summed E-state index contributed by atoms with van der Waals surface area (Å²) in [7, 11) is 0. The van der Waals surface area contributed by atoms with E-state index in [1.165, 1.54) is 0 Å². The quantitative estimate of drug-likeness (QED) is 0.942. The summed E-state index contributed by atoms with van der Waals surface area (Å²) in [6, 6.07) is 10.1. The Morgan fingerprint density at radius 2 is 1.94 bits per heavy atom. The van der Waals surface area contributed by atoms with E-state index in [0.717, 1.165) is 36.3 Å². The Balaban J connectivity index is 0.000000810. The molecule has 0 saturated carbocycles. The van der Waals surface area contributed by atoms with Crippen LogP contribution >= 0.6 is 24.8 Å². The second-order valence-corrected chi connectivity index (χ2v) is 4.17. The van der Waals surface area contributed by atoms with Gasteiger partial charge in [0, 0.05) is 30.6 Å². The molecule has 1 aromatic carbocycles. The lowest BCUT2D eigenvalue weighted by Crippen LogP contribution is -2.45. The maximum atomic E-state index is 5.82. The van der Waals surface area contributed by atoms with E-state index in [1.807, 2.05) is 18.2 Å². The van der Waals surface area contributed by atoms with Crippen LogP contribution < -0.4 is 10.1 Å². The van der Waals surface area contributed by atoms with Gasteiger partial charge >= 0.3 is 0 Å². The highest BCUT2D eigenvalue weighted by Gasteiger charge is 2.17. The van der Waals surface area contributed by atoms with Gasteiger partial charge in [-0.1, -0.05) is 18.2 Å². The molecule has 1 aromatic heterocycles. The standard InChI is InChI=1S/C13H14N2O.2ClH/c1-3-11-4-2-6-15-13(11)12(5-1)16-9-10-7-14-8-10;;/h1-6,10,14H,7-9H2;2*1H. The number of hydrogen-bond donors (Lipinski definition) is 1. The van der Waals surface area contributed by atoms with Gasteiger partial charge in [-0.2, -0.15) is 0 Å². The van der Waals surface area contributed by atoms with Crippen LogP contribution in [-0.4, -0.2) is 24.7 Å². The Bertz CT molecular complexity index is 498. The lowest BCUT2D eigenvalue weighted by Gasteiger charge is -2.26. The molecule has 1 fully saturated rings. The minimum absolute atomic E-state index is 0. The van der Waals surface area contributed by atoms with Crippen LogP contribution in [0.25, 0.3) is 10.9 Å². The Kier molecular flexibility index (Phi) is 5.66. The Hall–Kier alpha value is -1.03. The minimum atomic E-state index is 0. The number of nitrogens with one attached hydrogen (secondary N) is 1. The van der Waals surface area contributed by atoms with Crippen molar-refractivity contribution in [1.29, 1.82) is 0 Å². The van der Waals surface area contributed by atoms with Crippen molar-refractivity contribution >= 4 is 35.7 Å². The zero-order chi connectivity index (χ0) is 10.8. The number of benzene rings is 1. The summed E-state index contributed by atoms with van der Waals surface area (Å²) < 4.78 is 5.82. The van der Waals surface area contributed by atoms with E-state index in [9.17, 15) is 0 Å². The van der Waals surface area contributed by atoms with Crippen molar-refractivity contribution in [2.24, 2.45) is 5.92 Å². The Morgan fingerprint density at radius 3 is 2.67 bits per heavy atom. The van der Waals surface area contributed by atoms with Crippen LogP contribution in [0.15, 0.2) is 36.5 Å². The van der Waals surface area contributed by atoms with Gasteiger partial charge in [-0.15, -0.1) is 24.8 Å². The molecule has 18 heavy (non-hydrogen) atoms. The van der Waals surface area contributed by atoms with Gasteiger partial charge in [-0.05, 0) is 12.1 Å². The van der Waals surface area contributed by atoms with Crippen LogP contribution in [0.5, 0.6) is 5.75 Å². The van der Waals surface area contributed by atoms with Crippen LogP contribution in [0.2, 0.25) is 0 Å². The number of aromatic nitrogens is 1. The SMILES string of the molecule is Cl.Cl.c1cnc2c(OCC3CNC3)cccc2c1. The number of pyridine rings is 1. The predicted molar refractivity (Wildman–Crippen MR) is 78.1 cm³/mol. The molecule has 3 rings (SSSR count). The largest absolute Gasteiger partial charge is 0.491 e. The first kappa shape index (κ1) is 15.0. The van der Waals surface area contributed by atoms with Crippen molar-refractivity contribution in [1.82, 2.24) is 10.3 Å². The molecule has 0 unspecified atom stereocenters. The zero-order valence-electron chi connectivity index (χ0n) is 9.83. The molecule has 0 spiro atoms. The normalized spacial score (nSPS) is 14.2. The van der Waals surface area contributed by atoms with Crippen molar-refractivity contribution in [3.8, 4) is 5.75 Å². The van der Waals surface area contributed by atoms with Crippen LogP contribution in [0.4, 0.5) is 0 Å². The number of rotatable bonds is 3. The molecule has 2 heterocycles. The van der Waals surface area contributed by atoms with Crippen molar-refractivity contribution in [3.63, 3.8) is 0 Å². The highest BCUT2D eigenvalue weighted by atomic mass is 35.5. The fourth-order valence-electron chi connectivity index (χ4n) is 1.87. The average molecular weight is 287 g/mol. The minimum Gasteiger partial charge on any atom is -0.491 e. The van der Waals surface area contributed by atoms with E-state index in [0.29, 0.717) is 5.92 Å². The first-order valence-corrected chi connectivity index (χ1v) is 5.61. The Morgan fingerprint density at radius 1 is 1.17 bits per heavy atom. The molecular formula is C13H16Cl2N2O. The summed E-state index contributed by atoms with van der Waals surface area (Å²) in [5.41, 5.74) is 0.956. The van der Waals surface area contributed by atoms with Crippen LogP contribution in [0.3, 0.4) is 0 Å². The molecule has 98 valence electrons. The summed E-state index contributed by atoms with van der Waals surface area (Å²) in [6.07, 6.45) is 1.81. The maximum Gasteiger partial charge on any atom is 0.145 e. The fourth-order valence-corrected chi connectivity index (χ4v) is 1.87. The fraction of sp³-hybridized carbons (Fsp3) is 0.308. The van der Waals surface area contributed by atoms with Crippen molar-refractivity contribution in [3.05, 3.63) is 36.5 Å². The molecular weight excluding hydrogens is 271 g/mol. The second kappa shape index (κ2) is 6.78. The molecule has 0 radical (unpaired) electrons. The molecule has 0 aliphatic carbocycles. The third kappa shape index (κ3) is 3.05. The lowest BCUT2D eigenvalue weighted by atomic mass is 10.1. The molecule has 3 nitrogen and oxygen atoms in total. The second-order valence-electron chi connectivity index (χ2n) is 4.17. The Labute approximate surface area is 119 Å². The number of ether oxygens (including phenoxy) is 1. The number of para-hydroxylation sites is 1. The number of halogens is 2. The molecule has 2 aromatic rings. The van der Waals surface area contributed by atoms with E-state index >= 15 is 0 Å². The number of hydrogen-bond acceptors (Lipinski definition) is 3. The van der Waals surface area contributed by atoms with Gasteiger partial charge in [0.05, 0.1) is 6.61 Å². The van der Waals surface area contributed by atoms with Crippen molar-refractivity contribution in [2.45, 2.75) is 0 Å². The summed E-state index contributed by atoms with van der Waals surface area (Å²) in [5.74, 6) is 1.55. The zero-order valence-corrected chi connectivity index (χ0v) is 11.5. The summed E-state index contributed by atoms with van der Waals surface area (Å²) in [5, 5.41) is 4.37. The van der Waals surface area contributed by atoms with Crippen LogP contribution in [0, 0.1) is 5.92 Å². The lowest BCUT2D eigenvalue weighted by molar-refractivity contribution is 0.200. The van der Waals surface area contributed by atoms with Gasteiger partial charge < -0.3 is 10.1 Å². The molecule has 0 amide bonds. The van der Waals surface area contributed by atoms with Gasteiger partial charge in [0.25, 0.3) is 0 Å². The first-order chi connectivity index (χ1) is 7.93. The number of nitrogens with zero attached hydrogens (tertiary/aromatic N) is 1. The molecule has 0 bridgehead atoms. The smallest absolute Gasteiger partial charge is 0.145 e. The first-order valence-electron chi connectivity index (χ1n) is 5.61. The summed E-state index contributed by atoms with van der Waals surface area (Å²) in [6.45, 7) is 2.92. The third-order valence-electron chi connectivity index (χ3n) is 2.94. The monoisotopic (exact) mass is 286 g/mol. The van der Waals surface area contributed by atoms with Gasteiger partial charge in [0.2, 0.25) is 0 Å². The van der Waals surface area contributed by atoms with E-state index < -0.39 is 0 Å². The van der Waals surface area contributed by atoms with Gasteiger partial charge in [-0.3, -0.25) is 4.98 Å². The molecule has 1 aliphatic heterocycles. The van der Waals surface area contributed by atoms with Gasteiger partial charge in [0.1, 0.15) is 11.3 Å². The van der Waals surface area contributed by atoms with E-state index in [1.54, 1.807) is 6.20 Å². The highest BCUT2D eigenvalue weighted by Crippen LogP contribution is 2.23. The third-order valence-corrected chi connectivity index (χ3v) is 2.94. The van der Waals surface area contributed by atoms with E-state index in [2.05, 4.69) is 22.4 Å². The highest BCUT2D eigenvalue weighted by molar-refractivity contribution is 5.85. The average Bonchev–Trinajstić information content (AvgIpc) is 2.27. The topological polar surface area (TPSA) is 34.1 Å². The van der Waals surface area contributed by atoms with E-state index in [4.69, 9.17) is 4.74 Å². The summed E-state index contributed by atoms with van der Waals surface area (Å²) >= 11 is 0. The molecule has 1 saturated heterocycles. The van der Waals surface area contributed by atoms with Crippen molar-refractivity contribution < 1.29 is 4.74 Å². The van der Waals surface area contributed by atoms with Crippen LogP contribution in [0.1, 0.15) is 0 Å². The van der Waals surface area contributed by atoms with Gasteiger partial charge in [-0.25, -0.2) is 0 Å². The molecule has 5 heteroatoms. The predicted octanol–water partition coefficient (Wildman–Crippen LogP) is 2.68. The number of fused-ring (bicyclic) bond motifs is 1.